The lowest BCUT2D eigenvalue weighted by Gasteiger charge is -2.23. The number of amides is 3. The lowest BCUT2D eigenvalue weighted by atomic mass is 10.2. The molecule has 0 radical (unpaired) electrons. The Morgan fingerprint density at radius 1 is 1.50 bits per heavy atom. The molecule has 90 valence electrons. The van der Waals surface area contributed by atoms with Gasteiger partial charge in [0, 0.05) is 6.54 Å². The summed E-state index contributed by atoms with van der Waals surface area (Å²) < 4.78 is 0. The molecule has 0 aromatic carbocycles. The minimum atomic E-state index is -1.03. The van der Waals surface area contributed by atoms with E-state index >= 15 is 0 Å². The van der Waals surface area contributed by atoms with E-state index < -0.39 is 30.0 Å². The van der Waals surface area contributed by atoms with E-state index in [1.54, 1.807) is 0 Å². The minimum absolute atomic E-state index is 0.383. The molecule has 7 heteroatoms. The van der Waals surface area contributed by atoms with Crippen LogP contribution in [-0.4, -0.2) is 46.5 Å². The van der Waals surface area contributed by atoms with E-state index in [1.165, 1.54) is 11.8 Å². The number of carboxylic acid groups (broad SMARTS) is 1. The first kappa shape index (κ1) is 12.3. The van der Waals surface area contributed by atoms with Crippen LogP contribution < -0.4 is 11.1 Å². The fourth-order valence-electron chi connectivity index (χ4n) is 1.61. The van der Waals surface area contributed by atoms with Gasteiger partial charge in [-0.15, -0.1) is 0 Å². The van der Waals surface area contributed by atoms with Gasteiger partial charge in [0.15, 0.2) is 0 Å². The highest BCUT2D eigenvalue weighted by Gasteiger charge is 2.34. The van der Waals surface area contributed by atoms with Crippen LogP contribution >= 0.6 is 0 Å². The van der Waals surface area contributed by atoms with Gasteiger partial charge in [0.1, 0.15) is 12.1 Å². The number of urea groups is 1. The van der Waals surface area contributed by atoms with Gasteiger partial charge in [-0.2, -0.15) is 0 Å². The van der Waals surface area contributed by atoms with Crippen LogP contribution in [0.15, 0.2) is 0 Å². The standard InChI is InChI=1S/C9H15N3O4/c1-5(7(10)13)11-9(16)12-4-2-3-6(12)8(14)15/h5-6H,2-4H2,1H3,(H2,10,13)(H,11,16)(H,14,15)/t5?,6-/m0/s1. The van der Waals surface area contributed by atoms with Gasteiger partial charge in [-0.3, -0.25) is 4.79 Å². The number of hydrogen-bond acceptors (Lipinski definition) is 3. The van der Waals surface area contributed by atoms with Gasteiger partial charge in [-0.1, -0.05) is 0 Å². The van der Waals surface area contributed by atoms with Crippen molar-refractivity contribution in [3.8, 4) is 0 Å². The Balaban J connectivity index is 2.60. The quantitative estimate of drug-likeness (QED) is 0.583. The van der Waals surface area contributed by atoms with Crippen LogP contribution in [0.25, 0.3) is 0 Å². The summed E-state index contributed by atoms with van der Waals surface area (Å²) in [6.07, 6.45) is 1.09. The number of carbonyl (C=O) groups excluding carboxylic acids is 2. The van der Waals surface area contributed by atoms with Crippen molar-refractivity contribution in [3.63, 3.8) is 0 Å². The number of likely N-dealkylation sites (tertiary alicyclic amines) is 1. The highest BCUT2D eigenvalue weighted by atomic mass is 16.4. The van der Waals surface area contributed by atoms with Crippen LogP contribution in [0.2, 0.25) is 0 Å². The van der Waals surface area contributed by atoms with Crippen molar-refractivity contribution in [2.45, 2.75) is 31.8 Å². The van der Waals surface area contributed by atoms with Crippen molar-refractivity contribution in [2.24, 2.45) is 5.73 Å². The van der Waals surface area contributed by atoms with Crippen LogP contribution in [0.3, 0.4) is 0 Å². The van der Waals surface area contributed by atoms with Crippen molar-refractivity contribution < 1.29 is 19.5 Å². The average Bonchev–Trinajstić information content (AvgIpc) is 2.65. The van der Waals surface area contributed by atoms with E-state index in [0.717, 1.165) is 0 Å². The monoisotopic (exact) mass is 229 g/mol. The van der Waals surface area contributed by atoms with Crippen LogP contribution in [0.5, 0.6) is 0 Å². The maximum atomic E-state index is 11.6. The van der Waals surface area contributed by atoms with E-state index in [1.807, 2.05) is 0 Å². The molecular formula is C9H15N3O4. The number of rotatable bonds is 3. The summed E-state index contributed by atoms with van der Waals surface area (Å²) in [4.78, 5) is 34.4. The molecule has 7 nitrogen and oxygen atoms in total. The normalized spacial score (nSPS) is 21.6. The van der Waals surface area contributed by atoms with Gasteiger partial charge in [-0.05, 0) is 19.8 Å². The molecule has 0 spiro atoms. The first-order valence-corrected chi connectivity index (χ1v) is 5.02. The van der Waals surface area contributed by atoms with E-state index in [9.17, 15) is 14.4 Å². The third-order valence-electron chi connectivity index (χ3n) is 2.57. The average molecular weight is 229 g/mol. The molecule has 0 bridgehead atoms. The molecule has 0 aromatic heterocycles. The molecule has 1 unspecified atom stereocenters. The summed E-state index contributed by atoms with van der Waals surface area (Å²) >= 11 is 0. The Bertz CT molecular complexity index is 318. The summed E-state index contributed by atoms with van der Waals surface area (Å²) in [5.74, 6) is -1.68. The molecule has 0 aromatic rings. The molecule has 1 heterocycles. The zero-order valence-electron chi connectivity index (χ0n) is 8.97. The van der Waals surface area contributed by atoms with Gasteiger partial charge in [0.25, 0.3) is 0 Å². The Morgan fingerprint density at radius 3 is 2.62 bits per heavy atom. The fraction of sp³-hybridized carbons (Fsp3) is 0.667. The minimum Gasteiger partial charge on any atom is -0.480 e. The second-order valence-corrected chi connectivity index (χ2v) is 3.76. The maximum absolute atomic E-state index is 11.6. The SMILES string of the molecule is CC(NC(=O)N1CCC[C@H]1C(=O)O)C(N)=O. The highest BCUT2D eigenvalue weighted by Crippen LogP contribution is 2.17. The molecule has 1 rings (SSSR count). The van der Waals surface area contributed by atoms with Crippen molar-refractivity contribution in [1.82, 2.24) is 10.2 Å². The second kappa shape index (κ2) is 4.82. The number of aliphatic carboxylic acids is 1. The van der Waals surface area contributed by atoms with Crippen LogP contribution in [0, 0.1) is 0 Å². The third-order valence-corrected chi connectivity index (χ3v) is 2.57. The summed E-state index contributed by atoms with van der Waals surface area (Å²) in [5, 5.41) is 11.2. The first-order chi connectivity index (χ1) is 7.43. The zero-order chi connectivity index (χ0) is 12.3. The van der Waals surface area contributed by atoms with E-state index in [-0.39, 0.29) is 0 Å². The molecule has 2 atom stereocenters. The number of carboxylic acids is 1. The van der Waals surface area contributed by atoms with Crippen LogP contribution in [0.1, 0.15) is 19.8 Å². The predicted molar refractivity (Wildman–Crippen MR) is 54.6 cm³/mol. The fourth-order valence-corrected chi connectivity index (χ4v) is 1.61. The van der Waals surface area contributed by atoms with Crippen molar-refractivity contribution in [2.75, 3.05) is 6.54 Å². The molecule has 1 aliphatic rings. The molecule has 1 aliphatic heterocycles. The Morgan fingerprint density at radius 2 is 2.12 bits per heavy atom. The Kier molecular flexibility index (Phi) is 3.70. The lowest BCUT2D eigenvalue weighted by Crippen LogP contribution is -2.51. The molecule has 16 heavy (non-hydrogen) atoms. The first-order valence-electron chi connectivity index (χ1n) is 5.02. The number of hydrogen-bond donors (Lipinski definition) is 3. The molecule has 4 N–H and O–H groups in total. The summed E-state index contributed by atoms with van der Waals surface area (Å²) in [5.41, 5.74) is 4.99. The number of nitrogens with one attached hydrogen (secondary N) is 1. The van der Waals surface area contributed by atoms with Gasteiger partial charge >= 0.3 is 12.0 Å². The Hall–Kier alpha value is -1.79. The van der Waals surface area contributed by atoms with Crippen molar-refractivity contribution >= 4 is 17.9 Å². The number of carbonyl (C=O) groups is 3. The van der Waals surface area contributed by atoms with E-state index in [0.29, 0.717) is 19.4 Å². The molecule has 3 amide bonds. The molecule has 1 saturated heterocycles. The van der Waals surface area contributed by atoms with Gasteiger partial charge in [0.05, 0.1) is 0 Å². The Labute approximate surface area is 92.6 Å². The molecule has 0 saturated carbocycles. The molecular weight excluding hydrogens is 214 g/mol. The second-order valence-electron chi connectivity index (χ2n) is 3.76. The summed E-state index contributed by atoms with van der Waals surface area (Å²) in [6.45, 7) is 1.83. The van der Waals surface area contributed by atoms with Crippen molar-refractivity contribution in [1.29, 1.82) is 0 Å². The van der Waals surface area contributed by atoms with Crippen molar-refractivity contribution in [3.05, 3.63) is 0 Å². The number of nitrogens with zero attached hydrogens (tertiary/aromatic N) is 1. The summed E-state index contributed by atoms with van der Waals surface area (Å²) in [7, 11) is 0. The number of nitrogens with two attached hydrogens (primary N) is 1. The van der Waals surface area contributed by atoms with E-state index in [2.05, 4.69) is 5.32 Å². The largest absolute Gasteiger partial charge is 0.480 e. The highest BCUT2D eigenvalue weighted by molar-refractivity contribution is 5.88. The molecule has 1 fully saturated rings. The van der Waals surface area contributed by atoms with Crippen LogP contribution in [-0.2, 0) is 9.59 Å². The number of primary amides is 1. The van der Waals surface area contributed by atoms with Gasteiger partial charge in [-0.25, -0.2) is 9.59 Å². The predicted octanol–water partition coefficient (Wildman–Crippen LogP) is -0.881. The molecule has 0 aliphatic carbocycles. The topological polar surface area (TPSA) is 113 Å². The lowest BCUT2D eigenvalue weighted by molar-refractivity contribution is -0.141. The summed E-state index contributed by atoms with van der Waals surface area (Å²) in [6, 6.07) is -2.17. The third kappa shape index (κ3) is 2.62. The van der Waals surface area contributed by atoms with Gasteiger partial charge in [0.2, 0.25) is 5.91 Å². The van der Waals surface area contributed by atoms with Crippen LogP contribution in [0.4, 0.5) is 4.79 Å². The smallest absolute Gasteiger partial charge is 0.326 e. The van der Waals surface area contributed by atoms with E-state index in [4.69, 9.17) is 10.8 Å². The van der Waals surface area contributed by atoms with Gasteiger partial charge < -0.3 is 21.1 Å². The zero-order valence-corrected chi connectivity index (χ0v) is 8.97. The maximum Gasteiger partial charge on any atom is 0.326 e.